The summed E-state index contributed by atoms with van der Waals surface area (Å²) in [5, 5.41) is 2.43. The fourth-order valence-electron chi connectivity index (χ4n) is 2.16. The summed E-state index contributed by atoms with van der Waals surface area (Å²) in [7, 11) is -2.10. The molecule has 0 aliphatic heterocycles. The van der Waals surface area contributed by atoms with Crippen molar-refractivity contribution in [3.63, 3.8) is 0 Å². The molecule has 3 rings (SSSR count). The third-order valence-electron chi connectivity index (χ3n) is 3.52. The predicted octanol–water partition coefficient (Wildman–Crippen LogP) is 4.19. The number of aryl methyl sites for hydroxylation is 1. The Hall–Kier alpha value is -1.67. The Balaban J connectivity index is 1.84. The first-order valence-corrected chi connectivity index (χ1v) is 9.80. The van der Waals surface area contributed by atoms with Gasteiger partial charge in [0.2, 0.25) is 15.9 Å². The van der Waals surface area contributed by atoms with E-state index in [2.05, 4.69) is 4.98 Å². The van der Waals surface area contributed by atoms with Crippen LogP contribution in [0.25, 0.3) is 10.8 Å². The lowest BCUT2D eigenvalue weighted by molar-refractivity contribution is 0.457. The summed E-state index contributed by atoms with van der Waals surface area (Å²) in [4.78, 5) is 5.53. The summed E-state index contributed by atoms with van der Waals surface area (Å²) < 4.78 is 32.1. The standard InChI is InChI=1S/C16H15ClN2O3S2/c1-11-14(18-16(22-11)15-4-3-9-23-15)10-19(2)24(20,21)13-7-5-12(17)6-8-13/h3-9H,10H2,1-2H3. The van der Waals surface area contributed by atoms with Crippen LogP contribution in [0.4, 0.5) is 0 Å². The van der Waals surface area contributed by atoms with Crippen molar-refractivity contribution in [2.45, 2.75) is 18.4 Å². The average molecular weight is 383 g/mol. The topological polar surface area (TPSA) is 63.4 Å². The number of aromatic nitrogens is 1. The number of nitrogens with zero attached hydrogens (tertiary/aromatic N) is 2. The molecule has 0 atom stereocenters. The van der Waals surface area contributed by atoms with E-state index in [0.717, 1.165) is 4.88 Å². The summed E-state index contributed by atoms with van der Waals surface area (Å²) in [6.45, 7) is 1.91. The second kappa shape index (κ2) is 6.68. The van der Waals surface area contributed by atoms with E-state index in [4.69, 9.17) is 16.0 Å². The molecule has 0 bridgehead atoms. The fourth-order valence-corrected chi connectivity index (χ4v) is 4.07. The zero-order valence-electron chi connectivity index (χ0n) is 13.1. The van der Waals surface area contributed by atoms with Gasteiger partial charge in [-0.25, -0.2) is 13.4 Å². The van der Waals surface area contributed by atoms with Gasteiger partial charge in [-0.3, -0.25) is 0 Å². The maximum Gasteiger partial charge on any atom is 0.243 e. The number of halogens is 1. The second-order valence-electron chi connectivity index (χ2n) is 5.21. The van der Waals surface area contributed by atoms with Crippen molar-refractivity contribution in [3.05, 3.63) is 58.3 Å². The van der Waals surface area contributed by atoms with Crippen LogP contribution in [0.3, 0.4) is 0 Å². The van der Waals surface area contributed by atoms with Crippen molar-refractivity contribution in [1.29, 1.82) is 0 Å². The maximum atomic E-state index is 12.6. The lowest BCUT2D eigenvalue weighted by Crippen LogP contribution is -2.26. The zero-order chi connectivity index (χ0) is 17.3. The van der Waals surface area contributed by atoms with Gasteiger partial charge in [0.1, 0.15) is 5.76 Å². The van der Waals surface area contributed by atoms with E-state index in [1.54, 1.807) is 19.1 Å². The molecule has 8 heteroatoms. The van der Waals surface area contributed by atoms with Crippen LogP contribution in [0.15, 0.2) is 51.1 Å². The van der Waals surface area contributed by atoms with Crippen LogP contribution in [0.2, 0.25) is 5.02 Å². The molecule has 2 aromatic heterocycles. The predicted molar refractivity (Wildman–Crippen MR) is 94.7 cm³/mol. The minimum atomic E-state index is -3.62. The first kappa shape index (κ1) is 17.2. The first-order valence-electron chi connectivity index (χ1n) is 7.10. The molecule has 0 spiro atoms. The van der Waals surface area contributed by atoms with E-state index in [-0.39, 0.29) is 11.4 Å². The van der Waals surface area contributed by atoms with E-state index in [0.29, 0.717) is 22.4 Å². The number of hydrogen-bond donors (Lipinski definition) is 0. The minimum absolute atomic E-state index is 0.131. The first-order chi connectivity index (χ1) is 11.4. The Labute approximate surface area is 149 Å². The Morgan fingerprint density at radius 3 is 2.58 bits per heavy atom. The number of oxazole rings is 1. The van der Waals surface area contributed by atoms with Gasteiger partial charge in [-0.1, -0.05) is 17.7 Å². The number of hydrogen-bond acceptors (Lipinski definition) is 5. The highest BCUT2D eigenvalue weighted by Gasteiger charge is 2.23. The summed E-state index contributed by atoms with van der Waals surface area (Å²) in [6, 6.07) is 9.91. The van der Waals surface area contributed by atoms with Crippen molar-refractivity contribution in [3.8, 4) is 10.8 Å². The second-order valence-corrected chi connectivity index (χ2v) is 8.64. The molecule has 5 nitrogen and oxygen atoms in total. The summed E-state index contributed by atoms with van der Waals surface area (Å²) in [5.74, 6) is 1.12. The van der Waals surface area contributed by atoms with Crippen molar-refractivity contribution in [1.82, 2.24) is 9.29 Å². The van der Waals surface area contributed by atoms with Crippen molar-refractivity contribution >= 4 is 33.0 Å². The quantitative estimate of drug-likeness (QED) is 0.663. The highest BCUT2D eigenvalue weighted by Crippen LogP contribution is 2.27. The largest absolute Gasteiger partial charge is 0.440 e. The summed E-state index contributed by atoms with van der Waals surface area (Å²) in [6.07, 6.45) is 0. The van der Waals surface area contributed by atoms with Crippen molar-refractivity contribution < 1.29 is 12.8 Å². The molecule has 0 saturated heterocycles. The number of sulfonamides is 1. The van der Waals surface area contributed by atoms with Crippen LogP contribution in [0, 0.1) is 6.92 Å². The van der Waals surface area contributed by atoms with Gasteiger partial charge in [0.05, 0.1) is 22.0 Å². The molecule has 126 valence electrons. The molecule has 0 N–H and O–H groups in total. The van der Waals surface area contributed by atoms with Crippen LogP contribution in [0.1, 0.15) is 11.5 Å². The number of rotatable bonds is 5. The van der Waals surface area contributed by atoms with E-state index >= 15 is 0 Å². The molecule has 0 aliphatic carbocycles. The molecule has 24 heavy (non-hydrogen) atoms. The third-order valence-corrected chi connectivity index (χ3v) is 6.45. The lowest BCUT2D eigenvalue weighted by Gasteiger charge is -2.16. The van der Waals surface area contributed by atoms with Gasteiger partial charge in [0, 0.05) is 12.1 Å². The molecule has 3 aromatic rings. The zero-order valence-corrected chi connectivity index (χ0v) is 15.5. The molecular formula is C16H15ClN2O3S2. The number of benzene rings is 1. The highest BCUT2D eigenvalue weighted by atomic mass is 35.5. The van der Waals surface area contributed by atoms with E-state index < -0.39 is 10.0 Å². The van der Waals surface area contributed by atoms with Gasteiger partial charge in [0.25, 0.3) is 0 Å². The SMILES string of the molecule is Cc1oc(-c2cccs2)nc1CN(C)S(=O)(=O)c1ccc(Cl)cc1. The summed E-state index contributed by atoms with van der Waals surface area (Å²) in [5.41, 5.74) is 0.596. The van der Waals surface area contributed by atoms with Gasteiger partial charge in [-0.2, -0.15) is 4.31 Å². The average Bonchev–Trinajstić information content (AvgIpc) is 3.18. The van der Waals surface area contributed by atoms with Crippen molar-refractivity contribution in [2.75, 3.05) is 7.05 Å². The van der Waals surface area contributed by atoms with Gasteiger partial charge >= 0.3 is 0 Å². The Kier molecular flexibility index (Phi) is 4.78. The molecule has 0 unspecified atom stereocenters. The van der Waals surface area contributed by atoms with Crippen LogP contribution in [-0.4, -0.2) is 24.8 Å². The van der Waals surface area contributed by atoms with Gasteiger partial charge in [-0.05, 0) is 42.6 Å². The molecule has 2 heterocycles. The number of thiophene rings is 1. The Bertz CT molecular complexity index is 932. The van der Waals surface area contributed by atoms with Gasteiger partial charge in [-0.15, -0.1) is 11.3 Å². The van der Waals surface area contributed by atoms with E-state index in [1.807, 2.05) is 17.5 Å². The molecule has 0 fully saturated rings. The van der Waals surface area contributed by atoms with E-state index in [1.165, 1.54) is 34.8 Å². The molecule has 0 radical (unpaired) electrons. The third kappa shape index (κ3) is 3.39. The van der Waals surface area contributed by atoms with Gasteiger partial charge < -0.3 is 4.42 Å². The lowest BCUT2D eigenvalue weighted by atomic mass is 10.4. The fraction of sp³-hybridized carbons (Fsp3) is 0.188. The monoisotopic (exact) mass is 382 g/mol. The Morgan fingerprint density at radius 1 is 1.25 bits per heavy atom. The van der Waals surface area contributed by atoms with Crippen LogP contribution < -0.4 is 0 Å². The smallest absolute Gasteiger partial charge is 0.243 e. The minimum Gasteiger partial charge on any atom is -0.440 e. The highest BCUT2D eigenvalue weighted by molar-refractivity contribution is 7.89. The summed E-state index contributed by atoms with van der Waals surface area (Å²) >= 11 is 7.33. The molecule has 1 aromatic carbocycles. The molecule has 0 amide bonds. The van der Waals surface area contributed by atoms with Crippen LogP contribution >= 0.6 is 22.9 Å². The maximum absolute atomic E-state index is 12.6. The molecule has 0 aliphatic rings. The van der Waals surface area contributed by atoms with Gasteiger partial charge in [0.15, 0.2) is 0 Å². The molecular weight excluding hydrogens is 368 g/mol. The van der Waals surface area contributed by atoms with E-state index in [9.17, 15) is 8.42 Å². The van der Waals surface area contributed by atoms with Crippen molar-refractivity contribution in [2.24, 2.45) is 0 Å². The Morgan fingerprint density at radius 2 is 1.96 bits per heavy atom. The molecule has 0 saturated carbocycles. The van der Waals surface area contributed by atoms with Crippen LogP contribution in [0.5, 0.6) is 0 Å². The normalized spacial score (nSPS) is 12.0. The van der Waals surface area contributed by atoms with Crippen LogP contribution in [-0.2, 0) is 16.6 Å².